The highest BCUT2D eigenvalue weighted by Gasteiger charge is 2.22. The number of fused-ring (bicyclic) bond motifs is 1. The summed E-state index contributed by atoms with van der Waals surface area (Å²) in [5.41, 5.74) is 8.52. The minimum Gasteiger partial charge on any atom is -0.489 e. The highest BCUT2D eigenvalue weighted by molar-refractivity contribution is 7.99. The first-order valence-corrected chi connectivity index (χ1v) is 15.7. The second-order valence-electron chi connectivity index (χ2n) is 7.81. The van der Waals surface area contributed by atoms with Gasteiger partial charge in [0.1, 0.15) is 23.9 Å². The van der Waals surface area contributed by atoms with Crippen LogP contribution in [0.4, 0.5) is 4.39 Å². The Hall–Kier alpha value is -2.36. The van der Waals surface area contributed by atoms with Crippen LogP contribution in [-0.2, 0) is 4.57 Å². The van der Waals surface area contributed by atoms with E-state index in [0.29, 0.717) is 24.7 Å². The maximum absolute atomic E-state index is 13.8. The van der Waals surface area contributed by atoms with Gasteiger partial charge in [-0.2, -0.15) is 5.26 Å². The molecule has 13 heteroatoms. The molecule has 1 aromatic heterocycles. The normalized spacial score (nSPS) is 12.3. The smallest absolute Gasteiger partial charge is 0.391 e. The lowest BCUT2D eigenvalue weighted by Gasteiger charge is -2.14. The Morgan fingerprint density at radius 1 is 1.13 bits per heavy atom. The summed E-state index contributed by atoms with van der Waals surface area (Å²) < 4.78 is 48.0. The Labute approximate surface area is 230 Å². The van der Waals surface area contributed by atoms with E-state index in [-0.39, 0.29) is 17.6 Å². The van der Waals surface area contributed by atoms with Crippen molar-refractivity contribution < 1.29 is 39.3 Å². The maximum atomic E-state index is 13.8. The van der Waals surface area contributed by atoms with E-state index in [1.54, 1.807) is 6.07 Å². The predicted octanol–water partition coefficient (Wildman–Crippen LogP) is 4.09. The van der Waals surface area contributed by atoms with E-state index in [9.17, 15) is 13.8 Å². The Morgan fingerprint density at radius 2 is 1.76 bits per heavy atom. The number of nitrogens with zero attached hydrogens (tertiary/aromatic N) is 1. The predicted molar refractivity (Wildman–Crippen MR) is 149 cm³/mol. The van der Waals surface area contributed by atoms with E-state index in [1.807, 2.05) is 32.9 Å². The molecule has 0 saturated heterocycles. The molecule has 1 heterocycles. The zero-order chi connectivity index (χ0) is 28.1. The Morgan fingerprint density at radius 3 is 2.34 bits per heavy atom. The van der Waals surface area contributed by atoms with Crippen LogP contribution in [0.3, 0.4) is 0 Å². The van der Waals surface area contributed by atoms with Crippen LogP contribution in [0.15, 0.2) is 34.5 Å². The van der Waals surface area contributed by atoms with Gasteiger partial charge >= 0.3 is 7.60 Å². The number of hydrogen-bond acceptors (Lipinski definition) is 8. The van der Waals surface area contributed by atoms with E-state index in [0.717, 1.165) is 51.9 Å². The van der Waals surface area contributed by atoms with Gasteiger partial charge in [0.05, 0.1) is 36.1 Å². The van der Waals surface area contributed by atoms with Gasteiger partial charge < -0.3 is 30.4 Å². The fourth-order valence-corrected chi connectivity index (χ4v) is 6.49. The van der Waals surface area contributed by atoms with Gasteiger partial charge in [0.2, 0.25) is 0 Å². The molecular weight excluding hydrogens is 550 g/mol. The number of nitriles is 1. The van der Waals surface area contributed by atoms with Gasteiger partial charge in [-0.1, -0.05) is 13.8 Å². The number of quaternary nitrogens is 2. The first kappa shape index (κ1) is 31.9. The second kappa shape index (κ2) is 15.9. The van der Waals surface area contributed by atoms with Crippen molar-refractivity contribution in [2.45, 2.75) is 37.8 Å². The number of nitrogens with one attached hydrogen (secondary N) is 1. The number of rotatable bonds is 14. The van der Waals surface area contributed by atoms with Crippen LogP contribution in [-0.4, -0.2) is 37.5 Å². The monoisotopic (exact) mass is 586 g/mol. The standard InChI is InChI=1S/C23H28FN4O5PS2.C2H6/c1-15-18-11-20(31-8-2-6-25)21(32-9-3-7-26)12-22(18)35-23(15)36-28-14-34(29,30)33-17-5-4-16(13-27)19(24)10-17;1-2/h4-5,10-12,28H,2-3,6-9,14,25-26H2,1H3,(H,29,30);1-2H3/p+2. The second-order valence-corrected chi connectivity index (χ2v) is 11.8. The van der Waals surface area contributed by atoms with Crippen molar-refractivity contribution in [3.05, 3.63) is 47.3 Å². The summed E-state index contributed by atoms with van der Waals surface area (Å²) in [5, 5.41) is 9.81. The molecule has 1 atom stereocenters. The maximum Gasteiger partial charge on any atom is 0.391 e. The van der Waals surface area contributed by atoms with Crippen LogP contribution in [0.25, 0.3) is 10.1 Å². The Bertz CT molecular complexity index is 1280. The number of halogens is 1. The molecule has 8 N–H and O–H groups in total. The Kier molecular flexibility index (Phi) is 13.3. The van der Waals surface area contributed by atoms with Crippen molar-refractivity contribution >= 4 is 41.0 Å². The van der Waals surface area contributed by atoms with Crippen LogP contribution < -0.4 is 30.2 Å². The Balaban J connectivity index is 0.00000247. The molecule has 0 saturated carbocycles. The average molecular weight is 587 g/mol. The van der Waals surface area contributed by atoms with E-state index >= 15 is 0 Å². The minimum atomic E-state index is -4.12. The third kappa shape index (κ3) is 9.13. The lowest BCUT2D eigenvalue weighted by Crippen LogP contribution is -2.50. The van der Waals surface area contributed by atoms with E-state index in [1.165, 1.54) is 35.4 Å². The molecule has 3 rings (SSSR count). The van der Waals surface area contributed by atoms with E-state index in [2.05, 4.69) is 16.2 Å². The fourth-order valence-electron chi connectivity index (χ4n) is 3.12. The highest BCUT2D eigenvalue weighted by atomic mass is 32.2. The summed E-state index contributed by atoms with van der Waals surface area (Å²) in [6, 6.07) is 9.00. The quantitative estimate of drug-likeness (QED) is 0.125. The van der Waals surface area contributed by atoms with Crippen molar-refractivity contribution in [3.8, 4) is 23.3 Å². The summed E-state index contributed by atoms with van der Waals surface area (Å²) in [7, 11) is -4.12. The highest BCUT2D eigenvalue weighted by Crippen LogP contribution is 2.45. The topological polar surface area (TPSA) is 156 Å². The van der Waals surface area contributed by atoms with Gasteiger partial charge in [0, 0.05) is 35.1 Å². The summed E-state index contributed by atoms with van der Waals surface area (Å²) >= 11 is 2.74. The molecule has 9 nitrogen and oxygen atoms in total. The van der Waals surface area contributed by atoms with Gasteiger partial charge in [-0.3, -0.25) is 0 Å². The molecule has 0 amide bonds. The first-order chi connectivity index (χ1) is 18.3. The molecule has 2 aromatic carbocycles. The third-order valence-electron chi connectivity index (χ3n) is 5.00. The van der Waals surface area contributed by atoms with Crippen molar-refractivity contribution in [2.24, 2.45) is 0 Å². The van der Waals surface area contributed by atoms with Gasteiger partial charge in [-0.25, -0.2) is 13.7 Å². The molecule has 3 aromatic rings. The largest absolute Gasteiger partial charge is 0.489 e. The van der Waals surface area contributed by atoms with Crippen LogP contribution in [0, 0.1) is 24.1 Å². The molecule has 1 unspecified atom stereocenters. The molecule has 0 fully saturated rings. The molecule has 0 aliphatic heterocycles. The van der Waals surface area contributed by atoms with Crippen molar-refractivity contribution in [2.75, 3.05) is 32.6 Å². The van der Waals surface area contributed by atoms with Gasteiger partial charge in [-0.05, 0) is 42.6 Å². The zero-order valence-electron chi connectivity index (χ0n) is 21.9. The lowest BCUT2D eigenvalue weighted by molar-refractivity contribution is -0.369. The molecule has 38 heavy (non-hydrogen) atoms. The molecule has 0 radical (unpaired) electrons. The molecule has 0 aliphatic rings. The molecule has 0 bridgehead atoms. The van der Waals surface area contributed by atoms with Crippen molar-refractivity contribution in [1.82, 2.24) is 4.72 Å². The third-order valence-corrected chi connectivity index (χ3v) is 8.60. The molecule has 0 spiro atoms. The zero-order valence-corrected chi connectivity index (χ0v) is 24.4. The number of hydrogen-bond donors (Lipinski definition) is 4. The number of ether oxygens (including phenoxy) is 2. The summed E-state index contributed by atoms with van der Waals surface area (Å²) in [6.45, 7) is 8.62. The first-order valence-electron chi connectivity index (χ1n) is 12.3. The fraction of sp³-hybridized carbons (Fsp3) is 0.400. The van der Waals surface area contributed by atoms with Gasteiger partial charge in [0.15, 0.2) is 11.5 Å². The van der Waals surface area contributed by atoms with Crippen LogP contribution in [0.5, 0.6) is 17.2 Å². The minimum absolute atomic E-state index is 0.125. The van der Waals surface area contributed by atoms with Gasteiger partial charge in [-0.15, -0.1) is 11.3 Å². The summed E-state index contributed by atoms with van der Waals surface area (Å²) in [5.74, 6) is 0.407. The number of aryl methyl sites for hydroxylation is 1. The van der Waals surface area contributed by atoms with Gasteiger partial charge in [0.25, 0.3) is 0 Å². The van der Waals surface area contributed by atoms with Crippen LogP contribution >= 0.6 is 30.9 Å². The molecule has 208 valence electrons. The average Bonchev–Trinajstić information content (AvgIpc) is 3.19. The summed E-state index contributed by atoms with van der Waals surface area (Å²) in [4.78, 5) is 10.2. The molecular formula is C25H36FN4O5PS2+2. The van der Waals surface area contributed by atoms with E-state index < -0.39 is 13.4 Å². The number of thiophene rings is 1. The summed E-state index contributed by atoms with van der Waals surface area (Å²) in [6.07, 6.45) is 1.30. The lowest BCUT2D eigenvalue weighted by atomic mass is 10.2. The number of benzene rings is 2. The molecule has 0 aliphatic carbocycles. The van der Waals surface area contributed by atoms with Crippen molar-refractivity contribution in [1.29, 1.82) is 5.26 Å². The van der Waals surface area contributed by atoms with Crippen LogP contribution in [0.1, 0.15) is 37.8 Å². The SMILES string of the molecule is CC.Cc1c(SNCP(=O)(O)Oc2ccc(C#N)c(F)c2)sc2cc(OCCC[NH3+])c(OCCC[NH3+])cc12. The van der Waals surface area contributed by atoms with Crippen molar-refractivity contribution in [3.63, 3.8) is 0 Å². The van der Waals surface area contributed by atoms with E-state index in [4.69, 9.17) is 19.3 Å². The van der Waals surface area contributed by atoms with Crippen LogP contribution in [0.2, 0.25) is 0 Å².